The number of benzene rings is 1. The van der Waals surface area contributed by atoms with Crippen molar-refractivity contribution in [3.05, 3.63) is 42.2 Å². The summed E-state index contributed by atoms with van der Waals surface area (Å²) < 4.78 is 5.23. The molecule has 1 aliphatic carbocycles. The van der Waals surface area contributed by atoms with E-state index in [1.807, 2.05) is 36.5 Å². The molecule has 1 N–H and O–H groups in total. The lowest BCUT2D eigenvalue weighted by molar-refractivity contribution is 0.415. The van der Waals surface area contributed by atoms with Gasteiger partial charge in [0.1, 0.15) is 5.75 Å². The highest BCUT2D eigenvalue weighted by molar-refractivity contribution is 5.57. The van der Waals surface area contributed by atoms with E-state index in [1.165, 1.54) is 12.8 Å². The summed E-state index contributed by atoms with van der Waals surface area (Å²) in [6, 6.07) is 10.5. The summed E-state index contributed by atoms with van der Waals surface area (Å²) in [5.74, 6) is 1.57. The van der Waals surface area contributed by atoms with Crippen molar-refractivity contribution in [2.75, 3.05) is 7.11 Å². The Balaban J connectivity index is 1.80. The molecule has 4 nitrogen and oxygen atoms in total. The van der Waals surface area contributed by atoms with Crippen molar-refractivity contribution in [1.82, 2.24) is 15.3 Å². The first kappa shape index (κ1) is 12.1. The molecule has 0 saturated heterocycles. The average Bonchev–Trinajstić information content (AvgIpc) is 3.30. The summed E-state index contributed by atoms with van der Waals surface area (Å²) in [6.07, 6.45) is 4.38. The van der Waals surface area contributed by atoms with Crippen LogP contribution in [0.5, 0.6) is 5.75 Å². The standard InChI is InChI=1S/C15H17N3O/c1-19-14-4-2-3-11(9-14)15-16-8-7-13(18-15)10-17-12-5-6-12/h2-4,7-9,12,17H,5-6,10H2,1H3. The van der Waals surface area contributed by atoms with Crippen LogP contribution >= 0.6 is 0 Å². The van der Waals surface area contributed by atoms with Gasteiger partial charge in [0, 0.05) is 24.3 Å². The number of hydrogen-bond donors (Lipinski definition) is 1. The molecule has 0 aliphatic heterocycles. The molecule has 0 radical (unpaired) electrons. The third-order valence-electron chi connectivity index (χ3n) is 3.19. The second kappa shape index (κ2) is 5.36. The Kier molecular flexibility index (Phi) is 3.42. The monoisotopic (exact) mass is 255 g/mol. The second-order valence-corrected chi connectivity index (χ2v) is 4.76. The summed E-state index contributed by atoms with van der Waals surface area (Å²) >= 11 is 0. The minimum Gasteiger partial charge on any atom is -0.497 e. The predicted octanol–water partition coefficient (Wildman–Crippen LogP) is 2.40. The Labute approximate surface area is 112 Å². The molecule has 0 atom stereocenters. The zero-order chi connectivity index (χ0) is 13.1. The fourth-order valence-electron chi connectivity index (χ4n) is 1.93. The van der Waals surface area contributed by atoms with E-state index in [4.69, 9.17) is 4.74 Å². The van der Waals surface area contributed by atoms with E-state index in [9.17, 15) is 0 Å². The van der Waals surface area contributed by atoms with Crippen molar-refractivity contribution < 1.29 is 4.74 Å². The van der Waals surface area contributed by atoms with Gasteiger partial charge in [-0.3, -0.25) is 0 Å². The third kappa shape index (κ3) is 3.09. The molecule has 1 heterocycles. The van der Waals surface area contributed by atoms with Crippen molar-refractivity contribution in [1.29, 1.82) is 0 Å². The average molecular weight is 255 g/mol. The van der Waals surface area contributed by atoms with E-state index in [1.54, 1.807) is 7.11 Å². The number of aromatic nitrogens is 2. The Morgan fingerprint density at radius 2 is 2.21 bits per heavy atom. The molecular weight excluding hydrogens is 238 g/mol. The van der Waals surface area contributed by atoms with Gasteiger partial charge in [0.25, 0.3) is 0 Å². The number of hydrogen-bond acceptors (Lipinski definition) is 4. The van der Waals surface area contributed by atoms with Crippen LogP contribution < -0.4 is 10.1 Å². The molecule has 19 heavy (non-hydrogen) atoms. The molecule has 98 valence electrons. The van der Waals surface area contributed by atoms with E-state index < -0.39 is 0 Å². The second-order valence-electron chi connectivity index (χ2n) is 4.76. The smallest absolute Gasteiger partial charge is 0.159 e. The van der Waals surface area contributed by atoms with Gasteiger partial charge in [-0.25, -0.2) is 9.97 Å². The van der Waals surface area contributed by atoms with Gasteiger partial charge in [0.05, 0.1) is 12.8 Å². The molecule has 1 saturated carbocycles. The molecule has 1 aliphatic rings. The number of methoxy groups -OCH3 is 1. The van der Waals surface area contributed by atoms with Gasteiger partial charge in [-0.15, -0.1) is 0 Å². The zero-order valence-electron chi connectivity index (χ0n) is 11.0. The molecule has 2 aromatic rings. The number of nitrogens with one attached hydrogen (secondary N) is 1. The van der Waals surface area contributed by atoms with Crippen molar-refractivity contribution in [2.24, 2.45) is 0 Å². The van der Waals surface area contributed by atoms with Crippen molar-refractivity contribution in [3.63, 3.8) is 0 Å². The maximum Gasteiger partial charge on any atom is 0.159 e. The minimum atomic E-state index is 0.690. The van der Waals surface area contributed by atoms with Crippen LogP contribution in [0.15, 0.2) is 36.5 Å². The Bertz CT molecular complexity index is 567. The van der Waals surface area contributed by atoms with E-state index in [0.717, 1.165) is 29.4 Å². The molecule has 0 bridgehead atoms. The molecule has 0 unspecified atom stereocenters. The van der Waals surface area contributed by atoms with Gasteiger partial charge in [-0.05, 0) is 31.0 Å². The first-order valence-corrected chi connectivity index (χ1v) is 6.55. The lowest BCUT2D eigenvalue weighted by atomic mass is 10.2. The van der Waals surface area contributed by atoms with Crippen LogP contribution in [0.25, 0.3) is 11.4 Å². The zero-order valence-corrected chi connectivity index (χ0v) is 11.0. The molecule has 0 spiro atoms. The van der Waals surface area contributed by atoms with Crippen molar-refractivity contribution in [3.8, 4) is 17.1 Å². The maximum absolute atomic E-state index is 5.23. The van der Waals surface area contributed by atoms with Crippen LogP contribution in [-0.2, 0) is 6.54 Å². The predicted molar refractivity (Wildman–Crippen MR) is 73.9 cm³/mol. The fourth-order valence-corrected chi connectivity index (χ4v) is 1.93. The van der Waals surface area contributed by atoms with E-state index in [-0.39, 0.29) is 0 Å². The molecule has 1 aromatic heterocycles. The Hall–Kier alpha value is -1.94. The van der Waals surface area contributed by atoms with E-state index in [0.29, 0.717) is 6.04 Å². The molecular formula is C15H17N3O. The largest absolute Gasteiger partial charge is 0.497 e. The van der Waals surface area contributed by atoms with Crippen molar-refractivity contribution in [2.45, 2.75) is 25.4 Å². The summed E-state index contributed by atoms with van der Waals surface area (Å²) in [6.45, 7) is 0.810. The summed E-state index contributed by atoms with van der Waals surface area (Å²) in [5.41, 5.74) is 2.01. The van der Waals surface area contributed by atoms with E-state index in [2.05, 4.69) is 15.3 Å². The highest BCUT2D eigenvalue weighted by atomic mass is 16.5. The van der Waals surface area contributed by atoms with E-state index >= 15 is 0 Å². The molecule has 3 rings (SSSR count). The quantitative estimate of drug-likeness (QED) is 0.891. The van der Waals surface area contributed by atoms with Gasteiger partial charge in [-0.2, -0.15) is 0 Å². The summed E-state index contributed by atoms with van der Waals surface area (Å²) in [5, 5.41) is 3.46. The van der Waals surface area contributed by atoms with Gasteiger partial charge in [0.2, 0.25) is 0 Å². The summed E-state index contributed by atoms with van der Waals surface area (Å²) in [4.78, 5) is 8.92. The lowest BCUT2D eigenvalue weighted by Gasteiger charge is -2.06. The maximum atomic E-state index is 5.23. The van der Waals surface area contributed by atoms with Crippen LogP contribution in [-0.4, -0.2) is 23.1 Å². The van der Waals surface area contributed by atoms with Crippen LogP contribution in [0.3, 0.4) is 0 Å². The lowest BCUT2D eigenvalue weighted by Crippen LogP contribution is -2.16. The third-order valence-corrected chi connectivity index (χ3v) is 3.19. The van der Waals surface area contributed by atoms with Crippen LogP contribution in [0.2, 0.25) is 0 Å². The minimum absolute atomic E-state index is 0.690. The first-order valence-electron chi connectivity index (χ1n) is 6.55. The normalized spacial score (nSPS) is 14.4. The highest BCUT2D eigenvalue weighted by Gasteiger charge is 2.20. The Morgan fingerprint density at radius 1 is 1.32 bits per heavy atom. The van der Waals surface area contributed by atoms with Crippen LogP contribution in [0, 0.1) is 0 Å². The Morgan fingerprint density at radius 3 is 3.00 bits per heavy atom. The van der Waals surface area contributed by atoms with Gasteiger partial charge in [-0.1, -0.05) is 12.1 Å². The fraction of sp³-hybridized carbons (Fsp3) is 0.333. The molecule has 1 aromatic carbocycles. The highest BCUT2D eigenvalue weighted by Crippen LogP contribution is 2.21. The SMILES string of the molecule is COc1cccc(-c2nccc(CNC3CC3)n2)c1. The number of rotatable bonds is 5. The number of ether oxygens (including phenoxy) is 1. The van der Waals surface area contributed by atoms with Crippen molar-refractivity contribution >= 4 is 0 Å². The van der Waals surface area contributed by atoms with Crippen LogP contribution in [0.4, 0.5) is 0 Å². The molecule has 1 fully saturated rings. The summed E-state index contributed by atoms with van der Waals surface area (Å²) in [7, 11) is 1.66. The molecule has 0 amide bonds. The first-order chi connectivity index (χ1) is 9.35. The van der Waals surface area contributed by atoms with Gasteiger partial charge < -0.3 is 10.1 Å². The van der Waals surface area contributed by atoms with Gasteiger partial charge in [0.15, 0.2) is 5.82 Å². The van der Waals surface area contributed by atoms with Crippen LogP contribution in [0.1, 0.15) is 18.5 Å². The van der Waals surface area contributed by atoms with Gasteiger partial charge >= 0.3 is 0 Å². The molecule has 4 heteroatoms. The topological polar surface area (TPSA) is 47.0 Å². The number of nitrogens with zero attached hydrogens (tertiary/aromatic N) is 2.